The minimum absolute atomic E-state index is 0.0447. The second-order valence-corrected chi connectivity index (χ2v) is 7.76. The Hall–Kier alpha value is -3.74. The highest BCUT2D eigenvalue weighted by atomic mass is 16.1. The van der Waals surface area contributed by atoms with E-state index in [2.05, 4.69) is 26.4 Å². The molecule has 2 aromatic carbocycles. The zero-order valence-electron chi connectivity index (χ0n) is 17.2. The van der Waals surface area contributed by atoms with E-state index in [9.17, 15) is 4.79 Å². The molecule has 0 radical (unpaired) electrons. The number of carbonyl (C=O) groups is 1. The van der Waals surface area contributed by atoms with Crippen molar-refractivity contribution in [3.8, 4) is 11.3 Å². The van der Waals surface area contributed by atoms with Crippen molar-refractivity contribution in [1.29, 1.82) is 0 Å². The summed E-state index contributed by atoms with van der Waals surface area (Å²) in [5.41, 5.74) is 2.59. The summed E-state index contributed by atoms with van der Waals surface area (Å²) in [5.74, 6) is 1.49. The van der Waals surface area contributed by atoms with E-state index in [0.29, 0.717) is 17.9 Å². The van der Waals surface area contributed by atoms with E-state index in [-0.39, 0.29) is 11.9 Å². The molecule has 1 N–H and O–H groups in total. The van der Waals surface area contributed by atoms with Gasteiger partial charge in [-0.25, -0.2) is 4.98 Å². The summed E-state index contributed by atoms with van der Waals surface area (Å²) in [4.78, 5) is 23.9. The van der Waals surface area contributed by atoms with E-state index in [1.165, 1.54) is 6.33 Å². The molecule has 1 fully saturated rings. The quantitative estimate of drug-likeness (QED) is 0.542. The number of hydrogen-bond donors (Lipinski definition) is 1. The first-order valence-electron chi connectivity index (χ1n) is 10.7. The van der Waals surface area contributed by atoms with Crippen LogP contribution in [0.1, 0.15) is 29.6 Å². The van der Waals surface area contributed by atoms with Gasteiger partial charge in [-0.05, 0) is 31.4 Å². The summed E-state index contributed by atoms with van der Waals surface area (Å²) in [5, 5.41) is 7.54. The molecule has 1 atom stereocenters. The highest BCUT2D eigenvalue weighted by Gasteiger charge is 2.26. The molecule has 1 aliphatic rings. The number of rotatable bonds is 5. The van der Waals surface area contributed by atoms with E-state index in [1.807, 2.05) is 60.7 Å². The zero-order chi connectivity index (χ0) is 21.0. The van der Waals surface area contributed by atoms with Crippen molar-refractivity contribution in [2.24, 2.45) is 0 Å². The highest BCUT2D eigenvalue weighted by molar-refractivity contribution is 5.94. The predicted molar refractivity (Wildman–Crippen MR) is 120 cm³/mol. The Morgan fingerprint density at radius 3 is 2.61 bits per heavy atom. The molecule has 4 aromatic rings. The van der Waals surface area contributed by atoms with Gasteiger partial charge >= 0.3 is 0 Å². The summed E-state index contributed by atoms with van der Waals surface area (Å²) in [7, 11) is 0. The SMILES string of the molecule is O=C(NC[C@H]1CCCCN1c1cc(-c2ccccc2)nc2ncnn12)c1ccccc1. The van der Waals surface area contributed by atoms with E-state index in [0.717, 1.165) is 42.9 Å². The van der Waals surface area contributed by atoms with Gasteiger partial charge in [-0.3, -0.25) is 4.79 Å². The van der Waals surface area contributed by atoms with E-state index in [4.69, 9.17) is 4.98 Å². The first-order chi connectivity index (χ1) is 15.3. The Kier molecular flexibility index (Phi) is 5.31. The van der Waals surface area contributed by atoms with Crippen LogP contribution in [0.4, 0.5) is 5.82 Å². The molecule has 1 saturated heterocycles. The minimum Gasteiger partial charge on any atom is -0.352 e. The fraction of sp³-hybridized carbons (Fsp3) is 0.250. The fourth-order valence-corrected chi connectivity index (χ4v) is 4.17. The van der Waals surface area contributed by atoms with Crippen molar-refractivity contribution >= 4 is 17.5 Å². The lowest BCUT2D eigenvalue weighted by atomic mass is 10.0. The number of benzene rings is 2. The number of piperidine rings is 1. The lowest BCUT2D eigenvalue weighted by Crippen LogP contribution is -2.47. The maximum Gasteiger partial charge on any atom is 0.254 e. The Labute approximate surface area is 180 Å². The smallest absolute Gasteiger partial charge is 0.254 e. The van der Waals surface area contributed by atoms with Crippen LogP contribution in [-0.4, -0.2) is 44.6 Å². The minimum atomic E-state index is -0.0447. The van der Waals surface area contributed by atoms with Gasteiger partial charge in [0, 0.05) is 36.3 Å². The van der Waals surface area contributed by atoms with Crippen LogP contribution < -0.4 is 10.2 Å². The maximum atomic E-state index is 12.6. The van der Waals surface area contributed by atoms with Crippen LogP contribution in [0.15, 0.2) is 73.1 Å². The zero-order valence-corrected chi connectivity index (χ0v) is 17.2. The fourth-order valence-electron chi connectivity index (χ4n) is 4.17. The van der Waals surface area contributed by atoms with Gasteiger partial charge in [0.2, 0.25) is 0 Å². The van der Waals surface area contributed by atoms with Crippen LogP contribution in [0.2, 0.25) is 0 Å². The van der Waals surface area contributed by atoms with E-state index in [1.54, 1.807) is 4.52 Å². The first kappa shape index (κ1) is 19.2. The average Bonchev–Trinajstić information content (AvgIpc) is 3.32. The third-order valence-corrected chi connectivity index (χ3v) is 5.76. The van der Waals surface area contributed by atoms with Crippen molar-refractivity contribution in [2.75, 3.05) is 18.0 Å². The number of amides is 1. The molecule has 3 heterocycles. The molecule has 2 aromatic heterocycles. The molecule has 7 heteroatoms. The summed E-state index contributed by atoms with van der Waals surface area (Å²) in [6.45, 7) is 1.48. The van der Waals surface area contributed by atoms with Crippen LogP contribution in [0.5, 0.6) is 0 Å². The molecule has 1 aliphatic heterocycles. The summed E-state index contributed by atoms with van der Waals surface area (Å²) in [6, 6.07) is 21.7. The lowest BCUT2D eigenvalue weighted by Gasteiger charge is -2.37. The lowest BCUT2D eigenvalue weighted by molar-refractivity contribution is 0.0949. The third kappa shape index (κ3) is 3.99. The van der Waals surface area contributed by atoms with Gasteiger partial charge in [0.15, 0.2) is 0 Å². The number of hydrogen-bond acceptors (Lipinski definition) is 5. The Morgan fingerprint density at radius 1 is 1.03 bits per heavy atom. The van der Waals surface area contributed by atoms with Gasteiger partial charge in [0.05, 0.1) is 5.69 Å². The molecular weight excluding hydrogens is 388 g/mol. The second-order valence-electron chi connectivity index (χ2n) is 7.76. The van der Waals surface area contributed by atoms with Crippen molar-refractivity contribution < 1.29 is 4.79 Å². The molecule has 0 bridgehead atoms. The van der Waals surface area contributed by atoms with Crippen molar-refractivity contribution in [3.05, 3.63) is 78.6 Å². The molecular formula is C24H24N6O. The summed E-state index contributed by atoms with van der Waals surface area (Å²) < 4.78 is 1.80. The largest absolute Gasteiger partial charge is 0.352 e. The van der Waals surface area contributed by atoms with Gasteiger partial charge in [0.25, 0.3) is 11.7 Å². The van der Waals surface area contributed by atoms with Crippen molar-refractivity contribution in [2.45, 2.75) is 25.3 Å². The molecule has 0 aliphatic carbocycles. The van der Waals surface area contributed by atoms with Gasteiger partial charge in [-0.15, -0.1) is 0 Å². The molecule has 5 rings (SSSR count). The second kappa shape index (κ2) is 8.55. The first-order valence-corrected chi connectivity index (χ1v) is 10.7. The summed E-state index contributed by atoms with van der Waals surface area (Å²) in [6.07, 6.45) is 4.78. The van der Waals surface area contributed by atoms with Crippen molar-refractivity contribution in [3.63, 3.8) is 0 Å². The molecule has 7 nitrogen and oxygen atoms in total. The van der Waals surface area contributed by atoms with Gasteiger partial charge < -0.3 is 10.2 Å². The van der Waals surface area contributed by atoms with Crippen molar-refractivity contribution in [1.82, 2.24) is 24.9 Å². The highest BCUT2D eigenvalue weighted by Crippen LogP contribution is 2.28. The number of nitrogens with zero attached hydrogens (tertiary/aromatic N) is 5. The van der Waals surface area contributed by atoms with Crippen LogP contribution in [-0.2, 0) is 0 Å². The third-order valence-electron chi connectivity index (χ3n) is 5.76. The van der Waals surface area contributed by atoms with Crippen LogP contribution in [0.25, 0.3) is 17.0 Å². The molecule has 1 amide bonds. The number of anilines is 1. The standard InChI is InChI=1S/C24H24N6O/c31-23(19-11-5-2-6-12-19)25-16-20-13-7-8-14-29(20)22-15-21(18-9-3-1-4-10-18)28-24-26-17-27-30(22)24/h1-6,9-12,15,17,20H,7-8,13-14,16H2,(H,25,31)/t20-/m1/s1. The van der Waals surface area contributed by atoms with Crippen LogP contribution in [0.3, 0.4) is 0 Å². The number of aromatic nitrogens is 4. The Morgan fingerprint density at radius 2 is 1.81 bits per heavy atom. The monoisotopic (exact) mass is 412 g/mol. The number of carbonyl (C=O) groups excluding carboxylic acids is 1. The molecule has 0 spiro atoms. The molecule has 0 unspecified atom stereocenters. The summed E-state index contributed by atoms with van der Waals surface area (Å²) >= 11 is 0. The van der Waals surface area contributed by atoms with E-state index < -0.39 is 0 Å². The van der Waals surface area contributed by atoms with Crippen LogP contribution >= 0.6 is 0 Å². The molecule has 0 saturated carbocycles. The Balaban J connectivity index is 1.44. The number of nitrogens with one attached hydrogen (secondary N) is 1. The van der Waals surface area contributed by atoms with Gasteiger partial charge in [0.1, 0.15) is 12.1 Å². The maximum absolute atomic E-state index is 12.6. The number of fused-ring (bicyclic) bond motifs is 1. The normalized spacial score (nSPS) is 16.4. The van der Waals surface area contributed by atoms with Crippen LogP contribution in [0, 0.1) is 0 Å². The molecule has 31 heavy (non-hydrogen) atoms. The topological polar surface area (TPSA) is 75.4 Å². The average molecular weight is 412 g/mol. The molecule has 156 valence electrons. The van der Waals surface area contributed by atoms with E-state index >= 15 is 0 Å². The Bertz CT molecular complexity index is 1170. The predicted octanol–water partition coefficient (Wildman–Crippen LogP) is 3.58. The van der Waals surface area contributed by atoms with Gasteiger partial charge in [-0.2, -0.15) is 14.6 Å². The van der Waals surface area contributed by atoms with Gasteiger partial charge in [-0.1, -0.05) is 48.5 Å².